The van der Waals surface area contributed by atoms with Gasteiger partial charge < -0.3 is 9.47 Å². The van der Waals surface area contributed by atoms with Gasteiger partial charge >= 0.3 is 11.9 Å². The molecule has 0 spiro atoms. The van der Waals surface area contributed by atoms with Gasteiger partial charge in [-0.1, -0.05) is 25.7 Å². The summed E-state index contributed by atoms with van der Waals surface area (Å²) in [6, 6.07) is 0. The molecule has 2 saturated heterocycles. The van der Waals surface area contributed by atoms with Gasteiger partial charge in [0.15, 0.2) is 0 Å². The largest absolute Gasteiger partial charge is 0.370 e. The highest BCUT2D eigenvalue weighted by molar-refractivity contribution is 5.73. The van der Waals surface area contributed by atoms with E-state index < -0.39 is 11.9 Å². The third kappa shape index (κ3) is 6.22. The molecule has 0 bridgehead atoms. The minimum atomic E-state index is -0.392. The van der Waals surface area contributed by atoms with E-state index in [2.05, 4.69) is 0 Å². The van der Waals surface area contributed by atoms with Crippen molar-refractivity contribution in [2.24, 2.45) is 35.5 Å². The van der Waals surface area contributed by atoms with Gasteiger partial charge in [0, 0.05) is 5.04 Å². The number of rotatable bonds is 8. The summed E-state index contributed by atoms with van der Waals surface area (Å²) in [6.45, 7) is 0. The first-order valence-electron chi connectivity index (χ1n) is 14.5. The van der Waals surface area contributed by atoms with Gasteiger partial charge in [0.05, 0.1) is 36.3 Å². The second-order valence-electron chi connectivity index (χ2n) is 12.6. The minimum Gasteiger partial charge on any atom is -0.370 e. The molecule has 4 saturated carbocycles. The van der Waals surface area contributed by atoms with E-state index in [1.165, 1.54) is 64.2 Å². The van der Waals surface area contributed by atoms with E-state index in [0.29, 0.717) is 36.3 Å². The lowest BCUT2D eigenvalue weighted by Gasteiger charge is -2.31. The van der Waals surface area contributed by atoms with Crippen LogP contribution in [0, 0.1) is 35.5 Å². The number of epoxide rings is 2. The molecular formula is C28H42O7. The molecule has 35 heavy (non-hydrogen) atoms. The zero-order chi connectivity index (χ0) is 23.8. The van der Waals surface area contributed by atoms with Crippen LogP contribution in [0.15, 0.2) is 0 Å². The van der Waals surface area contributed by atoms with Crippen molar-refractivity contribution < 1.29 is 33.9 Å². The molecule has 7 nitrogen and oxygen atoms in total. The summed E-state index contributed by atoms with van der Waals surface area (Å²) in [5.41, 5.74) is 0. The molecule has 6 fully saturated rings. The third-order valence-electron chi connectivity index (χ3n) is 10.0. The molecular weight excluding hydrogens is 448 g/mol. The lowest BCUT2D eigenvalue weighted by Crippen LogP contribution is -2.29. The van der Waals surface area contributed by atoms with E-state index in [0.717, 1.165) is 50.4 Å². The molecule has 10 atom stereocenters. The second kappa shape index (κ2) is 10.7. The van der Waals surface area contributed by atoms with E-state index in [-0.39, 0.29) is 11.8 Å². The number of hydrogen-bond donors (Lipinski definition) is 0. The topological polar surface area (TPSA) is 86.9 Å². The van der Waals surface area contributed by atoms with Crippen LogP contribution in [0.1, 0.15) is 103 Å². The number of hydrogen-bond acceptors (Lipinski definition) is 7. The highest BCUT2D eigenvalue weighted by Crippen LogP contribution is 2.45. The van der Waals surface area contributed by atoms with E-state index in [4.69, 9.17) is 24.3 Å². The monoisotopic (exact) mass is 490 g/mol. The van der Waals surface area contributed by atoms with Gasteiger partial charge in [-0.15, -0.1) is 0 Å². The molecule has 2 aliphatic heterocycles. The van der Waals surface area contributed by atoms with Crippen LogP contribution in [0.3, 0.4) is 0 Å². The van der Waals surface area contributed by atoms with Crippen LogP contribution in [0.25, 0.3) is 0 Å². The van der Waals surface area contributed by atoms with Gasteiger partial charge in [-0.05, 0) is 101 Å². The van der Waals surface area contributed by atoms with Crippen LogP contribution in [0.2, 0.25) is 0 Å². The zero-order valence-corrected chi connectivity index (χ0v) is 20.9. The van der Waals surface area contributed by atoms with Crippen molar-refractivity contribution >= 4 is 11.9 Å². The third-order valence-corrected chi connectivity index (χ3v) is 10.0. The minimum absolute atomic E-state index is 0.162. The van der Waals surface area contributed by atoms with Crippen molar-refractivity contribution in [1.82, 2.24) is 0 Å². The Labute approximate surface area is 208 Å². The average molecular weight is 491 g/mol. The van der Waals surface area contributed by atoms with Crippen LogP contribution in [-0.4, -0.2) is 36.4 Å². The Morgan fingerprint density at radius 3 is 1.46 bits per heavy atom. The van der Waals surface area contributed by atoms with Crippen molar-refractivity contribution in [3.05, 3.63) is 0 Å². The second-order valence-corrected chi connectivity index (χ2v) is 12.6. The Morgan fingerprint density at radius 1 is 0.543 bits per heavy atom. The van der Waals surface area contributed by atoms with Crippen LogP contribution in [0.4, 0.5) is 0 Å². The first-order chi connectivity index (χ1) is 17.1. The van der Waals surface area contributed by atoms with Gasteiger partial charge in [0.25, 0.3) is 0 Å². The Kier molecular flexibility index (Phi) is 7.37. The average Bonchev–Trinajstić information content (AvgIpc) is 3.79. The maximum Gasteiger partial charge on any atom is 0.349 e. The molecule has 0 amide bonds. The summed E-state index contributed by atoms with van der Waals surface area (Å²) >= 11 is 0. The maximum atomic E-state index is 12.6. The molecule has 2 heterocycles. The van der Waals surface area contributed by atoms with Gasteiger partial charge in [0.2, 0.25) is 0 Å². The molecule has 6 rings (SSSR count). The van der Waals surface area contributed by atoms with Crippen molar-refractivity contribution in [3.63, 3.8) is 0 Å². The molecule has 4 aliphatic carbocycles. The van der Waals surface area contributed by atoms with Gasteiger partial charge in [-0.3, -0.25) is 9.78 Å². The standard InChI is InChI=1S/C28H42O7/c29-27(21-5-1-3-17(13-21)11-19-7-9-23-25(15-19)31-23)33-35-34-28(30)22-6-2-4-18(14-22)12-20-8-10-24-26(16-20)32-24/h17-26H,1-16H2. The number of fused-ring (bicyclic) bond motifs is 2. The van der Waals surface area contributed by atoms with E-state index in [1.807, 2.05) is 0 Å². The van der Waals surface area contributed by atoms with Gasteiger partial charge in [-0.25, -0.2) is 9.59 Å². The summed E-state index contributed by atoms with van der Waals surface area (Å²) in [4.78, 5) is 35.1. The smallest absolute Gasteiger partial charge is 0.349 e. The van der Waals surface area contributed by atoms with Crippen molar-refractivity contribution in [2.75, 3.05) is 0 Å². The predicted molar refractivity (Wildman–Crippen MR) is 125 cm³/mol. The highest BCUT2D eigenvalue weighted by Gasteiger charge is 2.45. The van der Waals surface area contributed by atoms with Crippen molar-refractivity contribution in [2.45, 2.75) is 127 Å². The molecule has 6 aliphatic rings. The fraction of sp³-hybridized carbons (Fsp3) is 0.929. The van der Waals surface area contributed by atoms with E-state index in [9.17, 15) is 9.59 Å². The Balaban J connectivity index is 0.886. The molecule has 0 N–H and O–H groups in total. The molecule has 10 unspecified atom stereocenters. The number of ether oxygens (including phenoxy) is 2. The lowest BCUT2D eigenvalue weighted by atomic mass is 9.74. The van der Waals surface area contributed by atoms with E-state index in [1.54, 1.807) is 0 Å². The normalized spacial score (nSPS) is 44.5. The zero-order valence-electron chi connectivity index (χ0n) is 20.9. The summed E-state index contributed by atoms with van der Waals surface area (Å²) in [6.07, 6.45) is 19.5. The molecule has 0 aromatic heterocycles. The van der Waals surface area contributed by atoms with Gasteiger partial charge in [-0.2, -0.15) is 0 Å². The highest BCUT2D eigenvalue weighted by atomic mass is 17.5. The molecule has 0 radical (unpaired) electrons. The van der Waals surface area contributed by atoms with Crippen LogP contribution in [0.5, 0.6) is 0 Å². The Morgan fingerprint density at radius 2 is 1.00 bits per heavy atom. The Bertz CT molecular complexity index is 708. The quantitative estimate of drug-likeness (QED) is 0.254. The Hall–Kier alpha value is -1.18. The van der Waals surface area contributed by atoms with Crippen molar-refractivity contribution in [1.29, 1.82) is 0 Å². The summed E-state index contributed by atoms with van der Waals surface area (Å²) in [7, 11) is 0. The van der Waals surface area contributed by atoms with Crippen LogP contribution >= 0.6 is 0 Å². The molecule has 196 valence electrons. The summed E-state index contributed by atoms with van der Waals surface area (Å²) in [5.74, 6) is 1.47. The fourth-order valence-electron chi connectivity index (χ4n) is 8.00. The number of carbonyl (C=O) groups is 2. The number of carbonyl (C=O) groups excluding carboxylic acids is 2. The first-order valence-corrected chi connectivity index (χ1v) is 14.5. The molecule has 0 aromatic rings. The maximum absolute atomic E-state index is 12.6. The summed E-state index contributed by atoms with van der Waals surface area (Å²) < 4.78 is 11.3. The fourth-order valence-corrected chi connectivity index (χ4v) is 8.00. The lowest BCUT2D eigenvalue weighted by molar-refractivity contribution is -0.462. The van der Waals surface area contributed by atoms with E-state index >= 15 is 0 Å². The molecule has 0 aromatic carbocycles. The molecule has 7 heteroatoms. The van der Waals surface area contributed by atoms with Crippen LogP contribution in [-0.2, 0) is 33.9 Å². The van der Waals surface area contributed by atoms with Gasteiger partial charge in [0.1, 0.15) is 0 Å². The van der Waals surface area contributed by atoms with Crippen molar-refractivity contribution in [3.8, 4) is 0 Å². The first kappa shape index (κ1) is 24.2. The predicted octanol–water partition coefficient (Wildman–Crippen LogP) is 5.45. The summed E-state index contributed by atoms with van der Waals surface area (Å²) in [5, 5.41) is 4.74. The SMILES string of the molecule is O=C(OOOC(=O)C1CCCC(CC2CCC3OC3C2)C1)C1CCCC(CC2CCC3OC3C2)C1. The van der Waals surface area contributed by atoms with Crippen LogP contribution < -0.4 is 0 Å².